The fourth-order valence-electron chi connectivity index (χ4n) is 2.55. The molecule has 0 saturated heterocycles. The predicted octanol–water partition coefficient (Wildman–Crippen LogP) is 5.72. The van der Waals surface area contributed by atoms with Crippen molar-refractivity contribution in [3.8, 4) is 0 Å². The minimum absolute atomic E-state index is 0.149. The number of nitrogens with zero attached hydrogens (tertiary/aromatic N) is 2. The number of benzene rings is 2. The van der Waals surface area contributed by atoms with Gasteiger partial charge in [0.05, 0.1) is 12.1 Å². The monoisotopic (exact) mass is 424 g/mol. The molecule has 2 aromatic carbocycles. The number of aromatic nitrogens is 2. The Balaban J connectivity index is 1.65. The number of anilines is 2. The lowest BCUT2D eigenvalue weighted by Gasteiger charge is -2.11. The summed E-state index contributed by atoms with van der Waals surface area (Å²) in [5, 5.41) is 10.9. The maximum absolute atomic E-state index is 12.8. The summed E-state index contributed by atoms with van der Waals surface area (Å²) in [6, 6.07) is 14.1. The minimum atomic E-state index is -4.41. The van der Waals surface area contributed by atoms with Crippen LogP contribution in [0.15, 0.2) is 54.6 Å². The van der Waals surface area contributed by atoms with Crippen LogP contribution in [0.4, 0.5) is 24.7 Å². The predicted molar refractivity (Wildman–Crippen MR) is 109 cm³/mol. The van der Waals surface area contributed by atoms with Crippen molar-refractivity contribution < 1.29 is 13.2 Å². The van der Waals surface area contributed by atoms with Crippen LogP contribution in [0.3, 0.4) is 0 Å². The molecule has 0 fully saturated rings. The normalized spacial score (nSPS) is 11.3. The van der Waals surface area contributed by atoms with Gasteiger partial charge in [-0.25, -0.2) is 0 Å². The average molecular weight is 425 g/mol. The number of thiocarbonyl (C=S) groups is 1. The molecule has 0 spiro atoms. The molecule has 3 rings (SSSR count). The van der Waals surface area contributed by atoms with E-state index in [1.54, 1.807) is 10.7 Å². The highest BCUT2D eigenvalue weighted by atomic mass is 35.5. The van der Waals surface area contributed by atoms with Gasteiger partial charge in [-0.1, -0.05) is 29.8 Å². The number of alkyl halides is 3. The molecule has 0 aliphatic carbocycles. The van der Waals surface area contributed by atoms with Gasteiger partial charge >= 0.3 is 6.18 Å². The summed E-state index contributed by atoms with van der Waals surface area (Å²) in [7, 11) is 0. The summed E-state index contributed by atoms with van der Waals surface area (Å²) < 4.78 is 40.2. The molecule has 3 aromatic rings. The lowest BCUT2D eigenvalue weighted by molar-refractivity contribution is -0.137. The molecule has 0 atom stereocenters. The molecule has 0 bridgehead atoms. The summed E-state index contributed by atoms with van der Waals surface area (Å²) in [6.45, 7) is 2.45. The quantitative estimate of drug-likeness (QED) is 0.525. The number of rotatable bonds is 4. The van der Waals surface area contributed by atoms with Crippen LogP contribution in [0.2, 0.25) is 5.02 Å². The molecular weight excluding hydrogens is 409 g/mol. The van der Waals surface area contributed by atoms with E-state index in [-0.39, 0.29) is 10.8 Å². The van der Waals surface area contributed by atoms with Crippen molar-refractivity contribution in [2.24, 2.45) is 0 Å². The zero-order valence-corrected chi connectivity index (χ0v) is 16.3. The summed E-state index contributed by atoms with van der Waals surface area (Å²) in [5.41, 5.74) is 1.43. The third-order valence-electron chi connectivity index (χ3n) is 3.92. The van der Waals surface area contributed by atoms with Crippen LogP contribution < -0.4 is 10.6 Å². The van der Waals surface area contributed by atoms with Crippen LogP contribution >= 0.6 is 23.8 Å². The van der Waals surface area contributed by atoms with E-state index in [1.165, 1.54) is 12.1 Å². The second-order valence-electron chi connectivity index (χ2n) is 6.11. The first-order valence-corrected chi connectivity index (χ1v) is 9.03. The summed E-state index contributed by atoms with van der Waals surface area (Å²) >= 11 is 11.1. The van der Waals surface area contributed by atoms with Gasteiger partial charge in [-0.05, 0) is 55.0 Å². The molecule has 0 amide bonds. The van der Waals surface area contributed by atoms with Crippen molar-refractivity contribution in [1.82, 2.24) is 9.78 Å². The lowest BCUT2D eigenvalue weighted by atomic mass is 10.2. The summed E-state index contributed by atoms with van der Waals surface area (Å²) in [4.78, 5) is 0. The summed E-state index contributed by atoms with van der Waals surface area (Å²) in [6.07, 6.45) is -4.41. The lowest BCUT2D eigenvalue weighted by Crippen LogP contribution is -2.20. The van der Waals surface area contributed by atoms with Crippen LogP contribution in [0.5, 0.6) is 0 Å². The van der Waals surface area contributed by atoms with Gasteiger partial charge in [0.25, 0.3) is 0 Å². The van der Waals surface area contributed by atoms with Crippen LogP contribution in [0.1, 0.15) is 16.8 Å². The third-order valence-corrected chi connectivity index (χ3v) is 4.37. The van der Waals surface area contributed by atoms with Crippen molar-refractivity contribution in [2.45, 2.75) is 19.6 Å². The molecule has 146 valence electrons. The van der Waals surface area contributed by atoms with E-state index >= 15 is 0 Å². The third kappa shape index (κ3) is 5.24. The average Bonchev–Trinajstić information content (AvgIpc) is 2.95. The standard InChI is InChI=1S/C19H16ClF3N4S/c1-12-9-17(26-27(12)11-13-5-7-15(20)8-6-13)25-18(28)24-16-4-2-3-14(10-16)19(21,22)23/h2-10H,11H2,1H3,(H2,24,25,26,28). The molecule has 0 aliphatic rings. The molecule has 0 unspecified atom stereocenters. The first-order chi connectivity index (χ1) is 13.2. The highest BCUT2D eigenvalue weighted by molar-refractivity contribution is 7.80. The van der Waals surface area contributed by atoms with Crippen LogP contribution in [0, 0.1) is 6.92 Å². The van der Waals surface area contributed by atoms with Gasteiger partial charge in [-0.3, -0.25) is 4.68 Å². The van der Waals surface area contributed by atoms with Crippen molar-refractivity contribution in [3.63, 3.8) is 0 Å². The largest absolute Gasteiger partial charge is 0.416 e. The second kappa shape index (κ2) is 8.20. The molecule has 1 aromatic heterocycles. The smallest absolute Gasteiger partial charge is 0.332 e. The van der Waals surface area contributed by atoms with E-state index in [0.717, 1.165) is 23.4 Å². The van der Waals surface area contributed by atoms with Gasteiger partial charge < -0.3 is 10.6 Å². The molecule has 2 N–H and O–H groups in total. The number of hydrogen-bond acceptors (Lipinski definition) is 2. The fraction of sp³-hybridized carbons (Fsp3) is 0.158. The van der Waals surface area contributed by atoms with Gasteiger partial charge in [0, 0.05) is 22.5 Å². The highest BCUT2D eigenvalue weighted by Gasteiger charge is 2.30. The Morgan fingerprint density at radius 1 is 1.11 bits per heavy atom. The fourth-order valence-corrected chi connectivity index (χ4v) is 2.89. The Morgan fingerprint density at radius 3 is 2.50 bits per heavy atom. The van der Waals surface area contributed by atoms with Gasteiger partial charge in [-0.15, -0.1) is 0 Å². The first kappa shape index (κ1) is 20.2. The number of nitrogens with one attached hydrogen (secondary N) is 2. The van der Waals surface area contributed by atoms with Crippen molar-refractivity contribution in [1.29, 1.82) is 0 Å². The molecule has 0 radical (unpaired) electrons. The Morgan fingerprint density at radius 2 is 1.82 bits per heavy atom. The van der Waals surface area contributed by atoms with Gasteiger partial charge in [-0.2, -0.15) is 18.3 Å². The number of halogens is 4. The van der Waals surface area contributed by atoms with Crippen LogP contribution in [-0.4, -0.2) is 14.9 Å². The Bertz CT molecular complexity index is 984. The molecule has 0 saturated carbocycles. The van der Waals surface area contributed by atoms with Crippen molar-refractivity contribution >= 4 is 40.4 Å². The van der Waals surface area contributed by atoms with E-state index in [4.69, 9.17) is 23.8 Å². The van der Waals surface area contributed by atoms with Crippen LogP contribution in [0.25, 0.3) is 0 Å². The van der Waals surface area contributed by atoms with Crippen LogP contribution in [-0.2, 0) is 12.7 Å². The zero-order chi connectivity index (χ0) is 20.3. The second-order valence-corrected chi connectivity index (χ2v) is 6.96. The molecule has 9 heteroatoms. The molecule has 4 nitrogen and oxygen atoms in total. The van der Waals surface area contributed by atoms with Gasteiger partial charge in [0.15, 0.2) is 10.9 Å². The highest BCUT2D eigenvalue weighted by Crippen LogP contribution is 2.30. The molecule has 28 heavy (non-hydrogen) atoms. The van der Waals surface area contributed by atoms with Crippen molar-refractivity contribution in [2.75, 3.05) is 10.6 Å². The van der Waals surface area contributed by atoms with E-state index < -0.39 is 11.7 Å². The van der Waals surface area contributed by atoms with E-state index in [1.807, 2.05) is 31.2 Å². The summed E-state index contributed by atoms with van der Waals surface area (Å²) in [5.74, 6) is 0.496. The Hall–Kier alpha value is -2.58. The van der Waals surface area contributed by atoms with E-state index in [9.17, 15) is 13.2 Å². The number of aryl methyl sites for hydroxylation is 1. The number of hydrogen-bond donors (Lipinski definition) is 2. The topological polar surface area (TPSA) is 41.9 Å². The Kier molecular flexibility index (Phi) is 5.90. The Labute approximate surface area is 170 Å². The maximum Gasteiger partial charge on any atom is 0.416 e. The van der Waals surface area contributed by atoms with Gasteiger partial charge in [0.2, 0.25) is 0 Å². The van der Waals surface area contributed by atoms with Crippen molar-refractivity contribution in [3.05, 3.63) is 76.4 Å². The maximum atomic E-state index is 12.8. The van der Waals surface area contributed by atoms with Gasteiger partial charge in [0.1, 0.15) is 0 Å². The first-order valence-electron chi connectivity index (χ1n) is 8.25. The zero-order valence-electron chi connectivity index (χ0n) is 14.7. The van der Waals surface area contributed by atoms with E-state index in [0.29, 0.717) is 17.4 Å². The molecule has 1 heterocycles. The molecular formula is C19H16ClF3N4S. The minimum Gasteiger partial charge on any atom is -0.332 e. The molecule has 0 aliphatic heterocycles. The van der Waals surface area contributed by atoms with E-state index in [2.05, 4.69) is 15.7 Å². The SMILES string of the molecule is Cc1cc(NC(=S)Nc2cccc(C(F)(F)F)c2)nn1Cc1ccc(Cl)cc1.